The highest BCUT2D eigenvalue weighted by Gasteiger charge is 2.52. The minimum Gasteiger partial charge on any atom is -0.383 e. The van der Waals surface area contributed by atoms with Gasteiger partial charge in [0, 0.05) is 13.1 Å². The van der Waals surface area contributed by atoms with Crippen molar-refractivity contribution in [3.05, 3.63) is 0 Å². The molecule has 0 aliphatic carbocycles. The minimum atomic E-state index is -3.16. The van der Waals surface area contributed by atoms with Gasteiger partial charge in [-0.2, -0.15) is 0 Å². The fourth-order valence-corrected chi connectivity index (χ4v) is 1.79. The van der Waals surface area contributed by atoms with Crippen LogP contribution >= 0.6 is 0 Å². The van der Waals surface area contributed by atoms with Crippen molar-refractivity contribution in [1.29, 1.82) is 0 Å². The van der Waals surface area contributed by atoms with Gasteiger partial charge in [0.05, 0.1) is 6.54 Å². The summed E-state index contributed by atoms with van der Waals surface area (Å²) in [5, 5.41) is 9.76. The maximum Gasteiger partial charge on any atom is 0.288 e. The van der Waals surface area contributed by atoms with Gasteiger partial charge in [0.2, 0.25) is 0 Å². The zero-order valence-corrected chi connectivity index (χ0v) is 8.47. The molecule has 0 saturated carbocycles. The van der Waals surface area contributed by atoms with Crippen molar-refractivity contribution in [1.82, 2.24) is 4.90 Å². The summed E-state index contributed by atoms with van der Waals surface area (Å²) < 4.78 is 26.5. The second-order valence-corrected chi connectivity index (χ2v) is 3.87. The topological polar surface area (TPSA) is 49.5 Å². The molecule has 1 fully saturated rings. The van der Waals surface area contributed by atoms with Crippen molar-refractivity contribution in [3.8, 4) is 0 Å². The molecule has 0 atom stereocenters. The van der Waals surface area contributed by atoms with Crippen molar-refractivity contribution in [2.24, 2.45) is 5.73 Å². The molecule has 1 rings (SSSR count). The van der Waals surface area contributed by atoms with Crippen LogP contribution in [0.1, 0.15) is 19.8 Å². The monoisotopic (exact) mass is 208 g/mol. The minimum absolute atomic E-state index is 0.102. The van der Waals surface area contributed by atoms with Gasteiger partial charge < -0.3 is 15.7 Å². The number of nitrogens with zero attached hydrogens (tertiary/aromatic N) is 1. The number of hydrogen-bond acceptors (Lipinski definition) is 3. The Kier molecular flexibility index (Phi) is 3.44. The number of likely N-dealkylation sites (tertiary alicyclic amines) is 1. The molecule has 0 amide bonds. The molecule has 0 radical (unpaired) electrons. The lowest BCUT2D eigenvalue weighted by atomic mass is 9.85. The summed E-state index contributed by atoms with van der Waals surface area (Å²) in [6.07, 6.45) is 0.204. The third kappa shape index (κ3) is 2.04. The van der Waals surface area contributed by atoms with Gasteiger partial charge in [-0.3, -0.25) is 0 Å². The zero-order valence-electron chi connectivity index (χ0n) is 8.47. The van der Waals surface area contributed by atoms with E-state index < -0.39 is 18.1 Å². The predicted octanol–water partition coefficient (Wildman–Crippen LogP) is 0.427. The molecular weight excluding hydrogens is 190 g/mol. The van der Waals surface area contributed by atoms with Crippen LogP contribution < -0.4 is 5.73 Å². The van der Waals surface area contributed by atoms with Crippen LogP contribution in [0.3, 0.4) is 0 Å². The zero-order chi connectivity index (χ0) is 10.8. The Morgan fingerprint density at radius 2 is 1.93 bits per heavy atom. The van der Waals surface area contributed by atoms with Gasteiger partial charge in [0.15, 0.2) is 0 Å². The van der Waals surface area contributed by atoms with E-state index in [0.29, 0.717) is 13.1 Å². The van der Waals surface area contributed by atoms with E-state index in [1.807, 2.05) is 11.8 Å². The Hall–Kier alpha value is -0.260. The molecule has 0 unspecified atom stereocenters. The van der Waals surface area contributed by atoms with E-state index in [4.69, 9.17) is 5.73 Å². The molecule has 3 nitrogen and oxygen atoms in total. The molecule has 84 valence electrons. The maximum atomic E-state index is 13.3. The van der Waals surface area contributed by atoms with Crippen molar-refractivity contribution < 1.29 is 13.9 Å². The molecule has 1 heterocycles. The maximum absolute atomic E-state index is 13.3. The van der Waals surface area contributed by atoms with E-state index in [9.17, 15) is 13.9 Å². The first-order valence-electron chi connectivity index (χ1n) is 4.98. The second-order valence-electron chi connectivity index (χ2n) is 3.87. The van der Waals surface area contributed by atoms with Gasteiger partial charge in [-0.25, -0.2) is 8.78 Å². The molecule has 1 aliphatic rings. The fraction of sp³-hybridized carbons (Fsp3) is 1.00. The molecule has 0 spiro atoms. The third-order valence-electron chi connectivity index (χ3n) is 3.07. The molecule has 0 aromatic heterocycles. The Balaban J connectivity index is 2.61. The van der Waals surface area contributed by atoms with Crippen molar-refractivity contribution >= 4 is 0 Å². The highest BCUT2D eigenvalue weighted by atomic mass is 19.3. The normalized spacial score (nSPS) is 23.8. The number of halogens is 2. The van der Waals surface area contributed by atoms with Crippen LogP contribution in [0.5, 0.6) is 0 Å². The molecule has 5 heteroatoms. The standard InChI is InChI=1S/C9H18F2N2O/c1-2-13-5-3-8(14,4-6-13)9(10,11)7-12/h14H,2-7,12H2,1H3. The summed E-state index contributed by atoms with van der Waals surface area (Å²) in [5.74, 6) is -3.16. The SMILES string of the molecule is CCN1CCC(O)(C(F)(F)CN)CC1. The first-order valence-corrected chi connectivity index (χ1v) is 4.98. The Morgan fingerprint density at radius 3 is 2.29 bits per heavy atom. The van der Waals surface area contributed by atoms with Crippen LogP contribution in [0.25, 0.3) is 0 Å². The van der Waals surface area contributed by atoms with Crippen LogP contribution in [0.2, 0.25) is 0 Å². The van der Waals surface area contributed by atoms with E-state index >= 15 is 0 Å². The van der Waals surface area contributed by atoms with Crippen LogP contribution in [-0.4, -0.2) is 47.7 Å². The molecule has 3 N–H and O–H groups in total. The summed E-state index contributed by atoms with van der Waals surface area (Å²) >= 11 is 0. The van der Waals surface area contributed by atoms with Gasteiger partial charge in [0.1, 0.15) is 5.60 Å². The average molecular weight is 208 g/mol. The van der Waals surface area contributed by atoms with Crippen molar-refractivity contribution in [2.45, 2.75) is 31.3 Å². The molecule has 0 aromatic carbocycles. The Morgan fingerprint density at radius 1 is 1.43 bits per heavy atom. The highest BCUT2D eigenvalue weighted by molar-refractivity contribution is 4.97. The van der Waals surface area contributed by atoms with E-state index in [1.165, 1.54) is 0 Å². The van der Waals surface area contributed by atoms with Crippen LogP contribution in [0.15, 0.2) is 0 Å². The van der Waals surface area contributed by atoms with Crippen molar-refractivity contribution in [2.75, 3.05) is 26.2 Å². The summed E-state index contributed by atoms with van der Waals surface area (Å²) in [6, 6.07) is 0. The van der Waals surface area contributed by atoms with Gasteiger partial charge in [-0.15, -0.1) is 0 Å². The quantitative estimate of drug-likeness (QED) is 0.707. The molecule has 1 aliphatic heterocycles. The summed E-state index contributed by atoms with van der Waals surface area (Å²) in [5.41, 5.74) is 3.07. The lowest BCUT2D eigenvalue weighted by Gasteiger charge is -2.41. The Bertz CT molecular complexity index is 191. The van der Waals surface area contributed by atoms with Gasteiger partial charge in [-0.1, -0.05) is 6.92 Å². The van der Waals surface area contributed by atoms with Gasteiger partial charge in [-0.05, 0) is 19.4 Å². The highest BCUT2D eigenvalue weighted by Crippen LogP contribution is 2.36. The van der Waals surface area contributed by atoms with Gasteiger partial charge in [0.25, 0.3) is 5.92 Å². The number of nitrogens with two attached hydrogens (primary N) is 1. The second kappa shape index (κ2) is 4.08. The molecule has 0 aromatic rings. The van der Waals surface area contributed by atoms with E-state index in [1.54, 1.807) is 0 Å². The Labute approximate surface area is 82.9 Å². The molecular formula is C9H18F2N2O. The largest absolute Gasteiger partial charge is 0.383 e. The van der Waals surface area contributed by atoms with E-state index in [2.05, 4.69) is 0 Å². The summed E-state index contributed by atoms with van der Waals surface area (Å²) in [4.78, 5) is 2.04. The summed E-state index contributed by atoms with van der Waals surface area (Å²) in [7, 11) is 0. The van der Waals surface area contributed by atoms with Gasteiger partial charge >= 0.3 is 0 Å². The van der Waals surface area contributed by atoms with Crippen molar-refractivity contribution in [3.63, 3.8) is 0 Å². The number of alkyl halides is 2. The summed E-state index contributed by atoms with van der Waals surface area (Å²) in [6.45, 7) is 3.07. The fourth-order valence-electron chi connectivity index (χ4n) is 1.79. The third-order valence-corrected chi connectivity index (χ3v) is 3.07. The lowest BCUT2D eigenvalue weighted by molar-refractivity contribution is -0.194. The van der Waals surface area contributed by atoms with Crippen LogP contribution in [0, 0.1) is 0 Å². The smallest absolute Gasteiger partial charge is 0.288 e. The number of rotatable bonds is 3. The number of hydrogen-bond donors (Lipinski definition) is 2. The van der Waals surface area contributed by atoms with E-state index in [-0.39, 0.29) is 12.8 Å². The first-order chi connectivity index (χ1) is 6.45. The first kappa shape index (κ1) is 11.8. The molecule has 14 heavy (non-hydrogen) atoms. The number of aliphatic hydroxyl groups is 1. The van der Waals surface area contributed by atoms with Crippen LogP contribution in [0.4, 0.5) is 8.78 Å². The van der Waals surface area contributed by atoms with E-state index in [0.717, 1.165) is 6.54 Å². The predicted molar refractivity (Wildman–Crippen MR) is 50.3 cm³/mol. The lowest BCUT2D eigenvalue weighted by Crippen LogP contribution is -2.58. The average Bonchev–Trinajstić information content (AvgIpc) is 2.19. The number of piperidine rings is 1. The molecule has 1 saturated heterocycles. The van der Waals surface area contributed by atoms with Crippen LogP contribution in [-0.2, 0) is 0 Å². The molecule has 0 bridgehead atoms.